The Balaban J connectivity index is 1.38. The van der Waals surface area contributed by atoms with Crippen LogP contribution in [0.4, 0.5) is 8.78 Å². The fraction of sp³-hybridized carbons (Fsp3) is 0.391. The largest absolute Gasteiger partial charge is 0.507 e. The van der Waals surface area contributed by atoms with E-state index < -0.39 is 17.5 Å². The number of alkyl halides is 1. The normalized spacial score (nSPS) is 29.2. The van der Waals surface area contributed by atoms with Gasteiger partial charge in [0.2, 0.25) is 0 Å². The summed E-state index contributed by atoms with van der Waals surface area (Å²) in [6.45, 7) is 8.15. The molecule has 0 saturated carbocycles. The number of phenolic OH excluding ortho intramolecular Hbond substituents is 1. The fourth-order valence-electron chi connectivity index (χ4n) is 5.08. The molecular weight excluding hydrogens is 414 g/mol. The van der Waals surface area contributed by atoms with Crippen LogP contribution in [0.2, 0.25) is 0 Å². The van der Waals surface area contributed by atoms with Crippen molar-refractivity contribution in [1.82, 2.24) is 30.3 Å². The van der Waals surface area contributed by atoms with E-state index in [1.165, 1.54) is 23.1 Å². The number of benzene rings is 1. The Morgan fingerprint density at radius 2 is 2.06 bits per heavy atom. The number of halogens is 2. The lowest BCUT2D eigenvalue weighted by molar-refractivity contribution is 0.0769. The van der Waals surface area contributed by atoms with Crippen LogP contribution in [-0.4, -0.2) is 47.3 Å². The van der Waals surface area contributed by atoms with E-state index in [-0.39, 0.29) is 17.2 Å². The topological polar surface area (TPSA) is 88.8 Å². The van der Waals surface area contributed by atoms with Gasteiger partial charge in [0.1, 0.15) is 17.6 Å². The van der Waals surface area contributed by atoms with Gasteiger partial charge >= 0.3 is 0 Å². The van der Waals surface area contributed by atoms with Gasteiger partial charge in [-0.15, -0.1) is 10.2 Å². The zero-order valence-electron chi connectivity index (χ0n) is 17.9. The fourth-order valence-corrected chi connectivity index (χ4v) is 5.08. The second-order valence-electron chi connectivity index (χ2n) is 9.31. The molecule has 1 aromatic carbocycles. The molecule has 3 aromatic rings. The number of piperidine rings is 1. The monoisotopic (exact) mass is 438 g/mol. The molecule has 0 amide bonds. The first-order valence-corrected chi connectivity index (χ1v) is 10.5. The average molecular weight is 438 g/mol. The van der Waals surface area contributed by atoms with Crippen molar-refractivity contribution < 1.29 is 13.9 Å². The van der Waals surface area contributed by atoms with Crippen molar-refractivity contribution in [3.63, 3.8) is 0 Å². The third kappa shape index (κ3) is 3.37. The number of phenols is 1. The highest BCUT2D eigenvalue weighted by molar-refractivity contribution is 5.68. The highest BCUT2D eigenvalue weighted by atomic mass is 19.1. The van der Waals surface area contributed by atoms with Crippen LogP contribution >= 0.6 is 0 Å². The Morgan fingerprint density at radius 1 is 1.25 bits per heavy atom. The molecule has 32 heavy (non-hydrogen) atoms. The van der Waals surface area contributed by atoms with Crippen LogP contribution in [0.1, 0.15) is 38.9 Å². The Kier molecular flexibility index (Phi) is 4.63. The quantitative estimate of drug-likeness (QED) is 0.644. The van der Waals surface area contributed by atoms with Gasteiger partial charge in [-0.05, 0) is 50.8 Å². The molecule has 2 N–H and O–H groups in total. The van der Waals surface area contributed by atoms with Crippen LogP contribution < -0.4 is 5.32 Å². The minimum absolute atomic E-state index is 0.0688. The van der Waals surface area contributed by atoms with Gasteiger partial charge in [-0.3, -0.25) is 0 Å². The van der Waals surface area contributed by atoms with Crippen LogP contribution in [0.15, 0.2) is 43.4 Å². The van der Waals surface area contributed by atoms with Crippen molar-refractivity contribution in [2.45, 2.75) is 50.4 Å². The Morgan fingerprint density at radius 3 is 2.72 bits per heavy atom. The van der Waals surface area contributed by atoms with Gasteiger partial charge in [0.25, 0.3) is 0 Å². The smallest absolute Gasteiger partial charge is 0.177 e. The molecule has 0 radical (unpaired) electrons. The number of nitrogens with zero attached hydrogens (tertiary/aromatic N) is 5. The maximum Gasteiger partial charge on any atom is 0.177 e. The van der Waals surface area contributed by atoms with E-state index >= 15 is 4.39 Å². The second-order valence-corrected chi connectivity index (χ2v) is 9.31. The molecule has 166 valence electrons. The summed E-state index contributed by atoms with van der Waals surface area (Å²) in [5.41, 5.74) is 1.12. The lowest BCUT2D eigenvalue weighted by Gasteiger charge is -2.45. The molecule has 9 heteroatoms. The molecule has 2 bridgehead atoms. The molecule has 2 fully saturated rings. The summed E-state index contributed by atoms with van der Waals surface area (Å²) in [6.07, 6.45) is 5.04. The molecule has 2 aliphatic heterocycles. The first-order valence-electron chi connectivity index (χ1n) is 10.5. The van der Waals surface area contributed by atoms with Crippen LogP contribution in [0.5, 0.6) is 5.75 Å². The molecule has 0 unspecified atom stereocenters. The zero-order chi connectivity index (χ0) is 22.7. The number of fused-ring (bicyclic) bond motifs is 2. The summed E-state index contributed by atoms with van der Waals surface area (Å²) < 4.78 is 29.9. The van der Waals surface area contributed by atoms with Crippen molar-refractivity contribution in [1.29, 1.82) is 0 Å². The van der Waals surface area contributed by atoms with Crippen LogP contribution in [0, 0.1) is 11.7 Å². The highest BCUT2D eigenvalue weighted by Crippen LogP contribution is 2.49. The summed E-state index contributed by atoms with van der Waals surface area (Å²) in [6, 6.07) is 4.76. The lowest BCUT2D eigenvalue weighted by atomic mass is 9.75. The SMILES string of the molecule is C=C(c1ncc(-c2ccc(-n3cc(F)cn3)cc2O)nn1)[C@H]1C[C@]2(C)CC[C@@](C)(N2)[C@H]1F. The molecule has 4 heterocycles. The van der Waals surface area contributed by atoms with E-state index in [1.54, 1.807) is 12.1 Å². The molecular formula is C23H24F2N6O. The second kappa shape index (κ2) is 7.16. The molecule has 0 aliphatic carbocycles. The summed E-state index contributed by atoms with van der Waals surface area (Å²) >= 11 is 0. The van der Waals surface area contributed by atoms with Gasteiger partial charge in [0, 0.05) is 28.6 Å². The molecule has 4 atom stereocenters. The van der Waals surface area contributed by atoms with Gasteiger partial charge < -0.3 is 10.4 Å². The standard InChI is InChI=1S/C23H24F2N6O/c1-13(17-9-22(2)6-7-23(3,30-22)20(17)25)21-26-11-18(28-29-21)16-5-4-15(8-19(16)32)31-12-14(24)10-27-31/h4-5,8,10-12,17,20,30,32H,1,6-7,9H2,2-3H3/t17-,20+,22+,23-/m1/s1. The maximum atomic E-state index is 15.3. The highest BCUT2D eigenvalue weighted by Gasteiger charge is 2.56. The maximum absolute atomic E-state index is 15.3. The minimum Gasteiger partial charge on any atom is -0.507 e. The molecule has 5 rings (SSSR count). The van der Waals surface area contributed by atoms with E-state index in [1.807, 2.05) is 6.92 Å². The predicted octanol–water partition coefficient (Wildman–Crippen LogP) is 3.84. The third-order valence-corrected chi connectivity index (χ3v) is 6.79. The molecule has 0 spiro atoms. The number of hydrogen-bond acceptors (Lipinski definition) is 6. The van der Waals surface area contributed by atoms with Crippen LogP contribution in [0.25, 0.3) is 22.5 Å². The molecule has 2 aromatic heterocycles. The van der Waals surface area contributed by atoms with Gasteiger partial charge in [-0.25, -0.2) is 18.4 Å². The van der Waals surface area contributed by atoms with E-state index in [0.717, 1.165) is 19.0 Å². The number of aromatic hydroxyl groups is 1. The molecule has 2 saturated heterocycles. The van der Waals surface area contributed by atoms with E-state index in [2.05, 4.69) is 39.1 Å². The van der Waals surface area contributed by atoms with Gasteiger partial charge in [0.15, 0.2) is 11.6 Å². The zero-order valence-corrected chi connectivity index (χ0v) is 17.9. The first-order chi connectivity index (χ1) is 15.2. The van der Waals surface area contributed by atoms with Crippen molar-refractivity contribution in [3.05, 3.63) is 55.0 Å². The van der Waals surface area contributed by atoms with Crippen molar-refractivity contribution in [2.24, 2.45) is 5.92 Å². The van der Waals surface area contributed by atoms with Crippen molar-refractivity contribution >= 4 is 5.57 Å². The number of hydrogen-bond donors (Lipinski definition) is 2. The summed E-state index contributed by atoms with van der Waals surface area (Å²) in [4.78, 5) is 4.37. The van der Waals surface area contributed by atoms with E-state index in [9.17, 15) is 9.50 Å². The first kappa shape index (κ1) is 20.7. The van der Waals surface area contributed by atoms with Crippen molar-refractivity contribution in [3.8, 4) is 22.7 Å². The number of allylic oxidation sites excluding steroid dienone is 1. The average Bonchev–Trinajstić information content (AvgIpc) is 3.32. The Hall–Kier alpha value is -3.20. The number of rotatable bonds is 4. The van der Waals surface area contributed by atoms with Gasteiger partial charge in [-0.1, -0.05) is 6.58 Å². The molecule has 7 nitrogen and oxygen atoms in total. The predicted molar refractivity (Wildman–Crippen MR) is 115 cm³/mol. The van der Waals surface area contributed by atoms with Gasteiger partial charge in [0.05, 0.1) is 24.3 Å². The Labute approximate surface area is 184 Å². The van der Waals surface area contributed by atoms with Gasteiger partial charge in [-0.2, -0.15) is 5.10 Å². The van der Waals surface area contributed by atoms with E-state index in [0.29, 0.717) is 34.8 Å². The summed E-state index contributed by atoms with van der Waals surface area (Å²) in [7, 11) is 0. The van der Waals surface area contributed by atoms with Crippen LogP contribution in [-0.2, 0) is 0 Å². The van der Waals surface area contributed by atoms with Crippen molar-refractivity contribution in [2.75, 3.05) is 0 Å². The molecule has 2 aliphatic rings. The number of nitrogens with one attached hydrogen (secondary N) is 1. The minimum atomic E-state index is -1.09. The van der Waals surface area contributed by atoms with Crippen LogP contribution in [0.3, 0.4) is 0 Å². The Bertz CT molecular complexity index is 1200. The summed E-state index contributed by atoms with van der Waals surface area (Å²) in [5.74, 6) is -0.623. The summed E-state index contributed by atoms with van der Waals surface area (Å²) in [5, 5.41) is 26.2. The van der Waals surface area contributed by atoms with E-state index in [4.69, 9.17) is 0 Å². The lowest BCUT2D eigenvalue weighted by Crippen LogP contribution is -2.60. The third-order valence-electron chi connectivity index (χ3n) is 6.79. The number of aromatic nitrogens is 5.